The highest BCUT2D eigenvalue weighted by Gasteiger charge is 2.22. The fourth-order valence-electron chi connectivity index (χ4n) is 8.56. The molecule has 54 heavy (non-hydrogen) atoms. The van der Waals surface area contributed by atoms with Crippen LogP contribution in [0.2, 0.25) is 0 Å². The second kappa shape index (κ2) is 12.6. The van der Waals surface area contributed by atoms with Gasteiger partial charge < -0.3 is 9.13 Å². The molecule has 0 fully saturated rings. The normalized spacial score (nSPS) is 11.7. The molecule has 262 valence electrons. The van der Waals surface area contributed by atoms with Crippen LogP contribution in [0.3, 0.4) is 0 Å². The van der Waals surface area contributed by atoms with E-state index in [9.17, 15) is 0 Å². The maximum absolute atomic E-state index is 15.0. The fraction of sp³-hybridized carbons (Fsp3) is 0.120. The predicted octanol–water partition coefficient (Wildman–Crippen LogP) is 11.6. The van der Waals surface area contributed by atoms with E-state index in [1.54, 1.807) is 0 Å². The zero-order valence-electron chi connectivity index (χ0n) is 31.4. The molecule has 0 N–H and O–H groups in total. The first-order valence-corrected chi connectivity index (χ1v) is 18.5. The Balaban J connectivity index is 1.43. The smallest absolute Gasteiger partial charge is 0.197 e. The Labute approximate surface area is 314 Å². The van der Waals surface area contributed by atoms with Gasteiger partial charge in [-0.2, -0.15) is 0 Å². The van der Waals surface area contributed by atoms with Gasteiger partial charge in [0.25, 0.3) is 0 Å². The van der Waals surface area contributed by atoms with Crippen LogP contribution in [0.4, 0.5) is 0 Å². The molecule has 0 bridgehead atoms. The second-order valence-corrected chi connectivity index (χ2v) is 14.8. The molecule has 0 aliphatic heterocycles. The molecule has 4 nitrogen and oxygen atoms in total. The number of rotatable bonds is 4. The lowest BCUT2D eigenvalue weighted by Crippen LogP contribution is -2.15. The third-order valence-corrected chi connectivity index (χ3v) is 11.5. The van der Waals surface area contributed by atoms with Crippen LogP contribution in [0.5, 0.6) is 0 Å². The summed E-state index contributed by atoms with van der Waals surface area (Å²) < 4.78 is 4.20. The quantitative estimate of drug-likeness (QED) is 0.172. The van der Waals surface area contributed by atoms with Gasteiger partial charge in [-0.1, -0.05) is 97.1 Å². The van der Waals surface area contributed by atoms with Crippen molar-refractivity contribution in [3.63, 3.8) is 0 Å². The van der Waals surface area contributed by atoms with Crippen molar-refractivity contribution in [3.8, 4) is 44.5 Å². The lowest BCUT2D eigenvalue weighted by atomic mass is 9.90. The van der Waals surface area contributed by atoms with Crippen molar-refractivity contribution in [1.29, 1.82) is 0 Å². The molecule has 2 aromatic heterocycles. The molecule has 0 aliphatic rings. The second-order valence-electron chi connectivity index (χ2n) is 14.8. The van der Waals surface area contributed by atoms with Gasteiger partial charge in [0.2, 0.25) is 0 Å². The van der Waals surface area contributed by atoms with E-state index < -0.39 is 0 Å². The zero-order chi connectivity index (χ0) is 37.4. The van der Waals surface area contributed by atoms with Gasteiger partial charge in [-0.3, -0.25) is 9.59 Å². The summed E-state index contributed by atoms with van der Waals surface area (Å²) in [6.45, 7) is 8.43. The summed E-state index contributed by atoms with van der Waals surface area (Å²) in [6.07, 6.45) is 0. The summed E-state index contributed by atoms with van der Waals surface area (Å²) in [7, 11) is 4.02. The van der Waals surface area contributed by atoms with Gasteiger partial charge in [-0.25, -0.2) is 0 Å². The van der Waals surface area contributed by atoms with Crippen LogP contribution >= 0.6 is 0 Å². The number of aryl methyl sites for hydroxylation is 6. The van der Waals surface area contributed by atoms with Gasteiger partial charge in [0.05, 0.1) is 32.8 Å². The summed E-state index contributed by atoms with van der Waals surface area (Å²) >= 11 is 0. The van der Waals surface area contributed by atoms with Crippen molar-refractivity contribution in [1.82, 2.24) is 9.13 Å². The first-order chi connectivity index (χ1) is 26.1. The Bertz CT molecular complexity index is 2950. The average molecular weight is 701 g/mol. The van der Waals surface area contributed by atoms with Crippen molar-refractivity contribution in [3.05, 3.63) is 176 Å². The number of hydrogen-bond donors (Lipinski definition) is 0. The highest BCUT2D eigenvalue weighted by Crippen LogP contribution is 2.39. The summed E-state index contributed by atoms with van der Waals surface area (Å²) in [5.74, 6) is 0. The molecule has 0 saturated carbocycles. The number of nitrogens with zero attached hydrogens (tertiary/aromatic N) is 2. The number of benzene rings is 7. The van der Waals surface area contributed by atoms with Gasteiger partial charge >= 0.3 is 0 Å². The molecule has 9 aromatic rings. The molecule has 0 spiro atoms. The molecule has 0 unspecified atom stereocenters. The average Bonchev–Trinajstić information content (AvgIpc) is 3.18. The zero-order valence-corrected chi connectivity index (χ0v) is 31.4. The summed E-state index contributed by atoms with van der Waals surface area (Å²) in [5.41, 5.74) is 15.7. The molecular weight excluding hydrogens is 661 g/mol. The van der Waals surface area contributed by atoms with E-state index >= 15 is 9.59 Å². The molecule has 9 rings (SSSR count). The van der Waals surface area contributed by atoms with E-state index in [0.717, 1.165) is 88.8 Å². The number of pyridine rings is 2. The van der Waals surface area contributed by atoms with Gasteiger partial charge in [0.1, 0.15) is 0 Å². The van der Waals surface area contributed by atoms with Crippen molar-refractivity contribution < 1.29 is 0 Å². The van der Waals surface area contributed by atoms with Crippen LogP contribution in [-0.4, -0.2) is 9.13 Å². The van der Waals surface area contributed by atoms with Crippen molar-refractivity contribution in [2.45, 2.75) is 27.7 Å². The molecule has 0 atom stereocenters. The Kier molecular flexibility index (Phi) is 7.75. The van der Waals surface area contributed by atoms with Crippen LogP contribution in [0.15, 0.2) is 143 Å². The molecule has 0 saturated heterocycles. The standard InChI is InChI=1S/C50H40N2O2/c1-29-15-7-11-19-35(29)33-23-39(37-21-13-9-17-31(37)3)47-45(25-33)51(5)43-27-42-44(28-41(43)49(47)53)52(6)46-26-34(36-20-12-8-16-30(36)2)24-40(48(46)50(42)54)38-22-14-10-18-32(38)4/h7-28H,1-6H3. The lowest BCUT2D eigenvalue weighted by Gasteiger charge is -2.20. The summed E-state index contributed by atoms with van der Waals surface area (Å²) in [6, 6.07) is 45.7. The topological polar surface area (TPSA) is 44.0 Å². The van der Waals surface area contributed by atoms with Crippen molar-refractivity contribution in [2.24, 2.45) is 14.1 Å². The molecule has 2 heterocycles. The maximum atomic E-state index is 15.0. The van der Waals surface area contributed by atoms with Gasteiger partial charge in [-0.05, 0) is 131 Å². The SMILES string of the molecule is Cc1ccccc1-c1cc(-c2ccccc2C)c2c(=O)c3cc4c(cc3n(C)c2c1)c(=O)c1c(-c2ccccc2C)cc(-c2ccccc2C)cc1n4C. The van der Waals surface area contributed by atoms with Crippen molar-refractivity contribution in [2.75, 3.05) is 0 Å². The lowest BCUT2D eigenvalue weighted by molar-refractivity contribution is 0.994. The molecule has 0 amide bonds. The highest BCUT2D eigenvalue weighted by atomic mass is 16.1. The third-order valence-electron chi connectivity index (χ3n) is 11.5. The van der Waals surface area contributed by atoms with E-state index in [1.165, 1.54) is 0 Å². The monoisotopic (exact) mass is 700 g/mol. The van der Waals surface area contributed by atoms with Crippen LogP contribution in [-0.2, 0) is 14.1 Å². The third kappa shape index (κ3) is 5.05. The van der Waals surface area contributed by atoms with E-state index in [-0.39, 0.29) is 10.9 Å². The van der Waals surface area contributed by atoms with Crippen LogP contribution in [0, 0.1) is 27.7 Å². The Morgan fingerprint density at radius 3 is 1.00 bits per heavy atom. The van der Waals surface area contributed by atoms with E-state index in [2.05, 4.69) is 134 Å². The van der Waals surface area contributed by atoms with Gasteiger partial charge in [0, 0.05) is 24.9 Å². The first kappa shape index (κ1) is 33.3. The maximum Gasteiger partial charge on any atom is 0.197 e. The van der Waals surface area contributed by atoms with E-state index in [0.29, 0.717) is 21.5 Å². The minimum Gasteiger partial charge on any atom is -0.343 e. The summed E-state index contributed by atoms with van der Waals surface area (Å²) in [4.78, 5) is 30.0. The van der Waals surface area contributed by atoms with Crippen LogP contribution in [0.25, 0.3) is 88.1 Å². The molecule has 0 radical (unpaired) electrons. The van der Waals surface area contributed by atoms with Gasteiger partial charge in [-0.15, -0.1) is 0 Å². The molecule has 4 heteroatoms. The Hall–Kier alpha value is -6.52. The molecule has 7 aromatic carbocycles. The Morgan fingerprint density at radius 2 is 0.667 bits per heavy atom. The van der Waals surface area contributed by atoms with E-state index in [4.69, 9.17) is 0 Å². The highest BCUT2D eigenvalue weighted by molar-refractivity contribution is 6.10. The number of hydrogen-bond acceptors (Lipinski definition) is 2. The van der Waals surface area contributed by atoms with Crippen LogP contribution < -0.4 is 10.9 Å². The molecule has 0 aliphatic carbocycles. The van der Waals surface area contributed by atoms with Crippen molar-refractivity contribution >= 4 is 43.6 Å². The number of aromatic nitrogens is 2. The van der Waals surface area contributed by atoms with Gasteiger partial charge in [0.15, 0.2) is 10.9 Å². The molecular formula is C50H40N2O2. The first-order valence-electron chi connectivity index (χ1n) is 18.5. The minimum absolute atomic E-state index is 0.0450. The van der Waals surface area contributed by atoms with E-state index in [1.807, 2.05) is 50.5 Å². The minimum atomic E-state index is -0.0450. The Morgan fingerprint density at radius 1 is 0.352 bits per heavy atom. The summed E-state index contributed by atoms with van der Waals surface area (Å²) in [5, 5.41) is 2.51. The fourth-order valence-corrected chi connectivity index (χ4v) is 8.56. The predicted molar refractivity (Wildman–Crippen MR) is 228 cm³/mol. The van der Waals surface area contributed by atoms with Crippen LogP contribution in [0.1, 0.15) is 22.3 Å². The largest absolute Gasteiger partial charge is 0.343 e. The number of fused-ring (bicyclic) bond motifs is 4.